The quantitative estimate of drug-likeness (QED) is 0.721. The van der Waals surface area contributed by atoms with Crippen molar-refractivity contribution in [2.45, 2.75) is 19.6 Å². The first-order valence-corrected chi connectivity index (χ1v) is 10.2. The third-order valence-electron chi connectivity index (χ3n) is 5.03. The minimum atomic E-state index is -0.189. The van der Waals surface area contributed by atoms with Gasteiger partial charge in [-0.2, -0.15) is 0 Å². The van der Waals surface area contributed by atoms with Gasteiger partial charge in [-0.25, -0.2) is 0 Å². The number of nitrogens with zero attached hydrogens (tertiary/aromatic N) is 2. The summed E-state index contributed by atoms with van der Waals surface area (Å²) in [5.74, 6) is 1.39. The second kappa shape index (κ2) is 10.1. The molecule has 0 saturated carbocycles. The average Bonchev–Trinajstić information content (AvgIpc) is 2.77. The fraction of sp³-hybridized carbons (Fsp3) is 0.391. The summed E-state index contributed by atoms with van der Waals surface area (Å²) < 4.78 is 11.7. The first-order chi connectivity index (χ1) is 14.5. The topological polar surface area (TPSA) is 71.1 Å². The molecule has 2 amide bonds. The smallest absolute Gasteiger partial charge is 0.251 e. The lowest BCUT2D eigenvalue weighted by Crippen LogP contribution is -2.46. The molecular weight excluding hydrogens is 382 g/mol. The molecule has 1 N–H and O–H groups in total. The van der Waals surface area contributed by atoms with Crippen molar-refractivity contribution >= 4 is 11.8 Å². The molecule has 0 fully saturated rings. The van der Waals surface area contributed by atoms with E-state index >= 15 is 0 Å². The van der Waals surface area contributed by atoms with Crippen molar-refractivity contribution in [2.24, 2.45) is 0 Å². The Bertz CT molecular complexity index is 869. The van der Waals surface area contributed by atoms with Crippen LogP contribution in [-0.4, -0.2) is 68.1 Å². The van der Waals surface area contributed by atoms with E-state index in [1.165, 1.54) is 0 Å². The minimum absolute atomic E-state index is 0.0458. The van der Waals surface area contributed by atoms with Crippen LogP contribution in [0, 0.1) is 0 Å². The summed E-state index contributed by atoms with van der Waals surface area (Å²) in [5.41, 5.74) is 1.66. The van der Waals surface area contributed by atoms with Gasteiger partial charge < -0.3 is 19.7 Å². The Kier molecular flexibility index (Phi) is 7.30. The highest BCUT2D eigenvalue weighted by atomic mass is 16.6. The summed E-state index contributed by atoms with van der Waals surface area (Å²) in [6.45, 7) is 4.40. The van der Waals surface area contributed by atoms with E-state index in [9.17, 15) is 9.59 Å². The maximum Gasteiger partial charge on any atom is 0.251 e. The van der Waals surface area contributed by atoms with Crippen molar-refractivity contribution in [1.82, 2.24) is 15.1 Å². The number of hydrogen-bond donors (Lipinski definition) is 1. The number of fused-ring (bicyclic) bond motifs is 1. The molecule has 3 rings (SSSR count). The third kappa shape index (κ3) is 5.51. The summed E-state index contributed by atoms with van der Waals surface area (Å²) in [6.07, 6.45) is -0.189. The lowest BCUT2D eigenvalue weighted by Gasteiger charge is -2.31. The normalized spacial score (nSPS) is 15.0. The fourth-order valence-corrected chi connectivity index (χ4v) is 3.41. The number of benzene rings is 2. The first-order valence-electron chi connectivity index (χ1n) is 10.2. The molecule has 1 aliphatic heterocycles. The second-order valence-electron chi connectivity index (χ2n) is 7.38. The number of rotatable bonds is 8. The van der Waals surface area contributed by atoms with Gasteiger partial charge in [-0.3, -0.25) is 14.5 Å². The molecule has 2 aromatic rings. The number of ether oxygens (including phenoxy) is 2. The zero-order valence-electron chi connectivity index (χ0n) is 17.8. The summed E-state index contributed by atoms with van der Waals surface area (Å²) in [6, 6.07) is 15.0. The molecule has 0 unspecified atom stereocenters. The van der Waals surface area contributed by atoms with Crippen molar-refractivity contribution in [3.8, 4) is 11.5 Å². The molecule has 30 heavy (non-hydrogen) atoms. The molecule has 0 saturated heterocycles. The Morgan fingerprint density at radius 1 is 1.10 bits per heavy atom. The molecule has 1 heterocycles. The van der Waals surface area contributed by atoms with Gasteiger partial charge in [0.15, 0.2) is 17.6 Å². The van der Waals surface area contributed by atoms with Crippen molar-refractivity contribution in [2.75, 3.05) is 40.3 Å². The molecule has 7 nitrogen and oxygen atoms in total. The van der Waals surface area contributed by atoms with Crippen LogP contribution in [0.15, 0.2) is 48.5 Å². The van der Waals surface area contributed by atoms with Crippen LogP contribution in [-0.2, 0) is 11.3 Å². The molecule has 0 aliphatic carbocycles. The summed E-state index contributed by atoms with van der Waals surface area (Å²) >= 11 is 0. The van der Waals surface area contributed by atoms with Gasteiger partial charge in [-0.15, -0.1) is 0 Å². The predicted octanol–water partition coefficient (Wildman–Crippen LogP) is 2.17. The van der Waals surface area contributed by atoms with Gasteiger partial charge in [0, 0.05) is 25.7 Å². The monoisotopic (exact) mass is 411 g/mol. The lowest BCUT2D eigenvalue weighted by atomic mass is 10.1. The van der Waals surface area contributed by atoms with Crippen molar-refractivity contribution in [3.63, 3.8) is 0 Å². The van der Waals surface area contributed by atoms with Crippen molar-refractivity contribution in [3.05, 3.63) is 59.7 Å². The molecule has 2 aromatic carbocycles. The van der Waals surface area contributed by atoms with Crippen molar-refractivity contribution in [1.29, 1.82) is 0 Å². The Hall–Kier alpha value is -3.06. The Labute approximate surface area is 177 Å². The standard InChI is InChI=1S/C23H29N3O4/c1-4-26(14-19-16-29-20-7-5-6-8-21(20)30-19)22(27)15-25(3)13-17-9-11-18(12-10-17)23(28)24-2/h5-12,19H,4,13-16H2,1-3H3,(H,24,28)/t19-/m0/s1. The molecule has 7 heteroatoms. The van der Waals surface area contributed by atoms with Gasteiger partial charge >= 0.3 is 0 Å². The van der Waals surface area contributed by atoms with E-state index in [0.717, 1.165) is 17.1 Å². The Morgan fingerprint density at radius 3 is 2.47 bits per heavy atom. The number of carbonyl (C=O) groups is 2. The number of carbonyl (C=O) groups excluding carboxylic acids is 2. The van der Waals surface area contributed by atoms with E-state index in [-0.39, 0.29) is 17.9 Å². The summed E-state index contributed by atoms with van der Waals surface area (Å²) in [4.78, 5) is 28.2. The highest BCUT2D eigenvalue weighted by Crippen LogP contribution is 2.31. The number of nitrogens with one attached hydrogen (secondary N) is 1. The van der Waals surface area contributed by atoms with Crippen molar-refractivity contribution < 1.29 is 19.1 Å². The molecule has 160 valence electrons. The molecule has 0 radical (unpaired) electrons. The van der Waals surface area contributed by atoms with Gasteiger partial charge in [-0.1, -0.05) is 24.3 Å². The molecule has 0 aromatic heterocycles. The van der Waals surface area contributed by atoms with Crippen LogP contribution in [0.4, 0.5) is 0 Å². The highest BCUT2D eigenvalue weighted by Gasteiger charge is 2.25. The molecule has 1 atom stereocenters. The maximum absolute atomic E-state index is 12.8. The molecule has 1 aliphatic rings. The first kappa shape index (κ1) is 21.6. The van der Waals surface area contributed by atoms with Gasteiger partial charge in [-0.05, 0) is 43.8 Å². The average molecular weight is 412 g/mol. The van der Waals surface area contributed by atoms with Gasteiger partial charge in [0.2, 0.25) is 5.91 Å². The largest absolute Gasteiger partial charge is 0.486 e. The van der Waals surface area contributed by atoms with E-state index in [0.29, 0.717) is 38.3 Å². The van der Waals surface area contributed by atoms with Gasteiger partial charge in [0.1, 0.15) is 6.61 Å². The molecule has 0 spiro atoms. The number of likely N-dealkylation sites (N-methyl/N-ethyl adjacent to an activating group) is 2. The number of para-hydroxylation sites is 2. The minimum Gasteiger partial charge on any atom is -0.486 e. The van der Waals surface area contributed by atoms with Gasteiger partial charge in [0.25, 0.3) is 5.91 Å². The van der Waals surface area contributed by atoms with E-state index in [1.807, 2.05) is 55.3 Å². The van der Waals surface area contributed by atoms with Gasteiger partial charge in [0.05, 0.1) is 13.1 Å². The van der Waals surface area contributed by atoms with Crippen LogP contribution in [0.3, 0.4) is 0 Å². The zero-order valence-corrected chi connectivity index (χ0v) is 17.8. The third-order valence-corrected chi connectivity index (χ3v) is 5.03. The van der Waals surface area contributed by atoms with E-state index < -0.39 is 0 Å². The Balaban J connectivity index is 1.51. The predicted molar refractivity (Wildman–Crippen MR) is 115 cm³/mol. The van der Waals surface area contributed by atoms with Crippen LogP contribution in [0.1, 0.15) is 22.8 Å². The van der Waals surface area contributed by atoms with Crippen LogP contribution in [0.2, 0.25) is 0 Å². The fourth-order valence-electron chi connectivity index (χ4n) is 3.41. The van der Waals surface area contributed by atoms with Crippen LogP contribution >= 0.6 is 0 Å². The highest BCUT2D eigenvalue weighted by molar-refractivity contribution is 5.93. The van der Waals surface area contributed by atoms with E-state index in [2.05, 4.69) is 5.32 Å². The van der Waals surface area contributed by atoms with E-state index in [1.54, 1.807) is 24.1 Å². The van der Waals surface area contributed by atoms with Crippen LogP contribution in [0.5, 0.6) is 11.5 Å². The van der Waals surface area contributed by atoms with Crippen LogP contribution < -0.4 is 14.8 Å². The lowest BCUT2D eigenvalue weighted by molar-refractivity contribution is -0.133. The SMILES string of the molecule is CCN(C[C@H]1COc2ccccc2O1)C(=O)CN(C)Cc1ccc(C(=O)NC)cc1. The number of amides is 2. The molecule has 0 bridgehead atoms. The summed E-state index contributed by atoms with van der Waals surface area (Å²) in [7, 11) is 3.52. The second-order valence-corrected chi connectivity index (χ2v) is 7.38. The molecular formula is C23H29N3O4. The Morgan fingerprint density at radius 2 is 1.80 bits per heavy atom. The number of hydrogen-bond acceptors (Lipinski definition) is 5. The zero-order chi connectivity index (χ0) is 21.5. The summed E-state index contributed by atoms with van der Waals surface area (Å²) in [5, 5.41) is 2.61. The van der Waals surface area contributed by atoms with Crippen LogP contribution in [0.25, 0.3) is 0 Å². The van der Waals surface area contributed by atoms with E-state index in [4.69, 9.17) is 9.47 Å². The maximum atomic E-state index is 12.8.